The van der Waals surface area contributed by atoms with Crippen LogP contribution in [-0.4, -0.2) is 43.0 Å². The van der Waals surface area contributed by atoms with Gasteiger partial charge in [-0.3, -0.25) is 14.2 Å². The van der Waals surface area contributed by atoms with Crippen LogP contribution in [-0.2, 0) is 11.3 Å². The summed E-state index contributed by atoms with van der Waals surface area (Å²) >= 11 is 0. The third-order valence-corrected chi connectivity index (χ3v) is 4.84. The summed E-state index contributed by atoms with van der Waals surface area (Å²) in [6.07, 6.45) is 7.59. The van der Waals surface area contributed by atoms with Gasteiger partial charge < -0.3 is 4.90 Å². The molecule has 3 rings (SSSR count). The highest BCUT2D eigenvalue weighted by Gasteiger charge is 2.28. The van der Waals surface area contributed by atoms with Gasteiger partial charge in [0.05, 0.1) is 24.3 Å². The van der Waals surface area contributed by atoms with Crippen molar-refractivity contribution in [3.63, 3.8) is 0 Å². The lowest BCUT2D eigenvalue weighted by molar-refractivity contribution is -0.136. The Kier molecular flexibility index (Phi) is 5.02. The molecular formula is C18H27N5O. The Balaban J connectivity index is 1.66. The first-order chi connectivity index (χ1) is 11.5. The molecule has 0 aliphatic carbocycles. The van der Waals surface area contributed by atoms with Crippen molar-refractivity contribution >= 4 is 5.91 Å². The smallest absolute Gasteiger partial charge is 0.225 e. The van der Waals surface area contributed by atoms with Crippen LogP contribution in [0.2, 0.25) is 0 Å². The third kappa shape index (κ3) is 3.68. The minimum Gasteiger partial charge on any atom is -0.338 e. The van der Waals surface area contributed by atoms with Gasteiger partial charge >= 0.3 is 0 Å². The van der Waals surface area contributed by atoms with Crippen LogP contribution in [0.5, 0.6) is 0 Å². The van der Waals surface area contributed by atoms with Crippen molar-refractivity contribution in [2.75, 3.05) is 6.54 Å². The van der Waals surface area contributed by atoms with Crippen LogP contribution in [0.25, 0.3) is 0 Å². The molecule has 1 saturated heterocycles. The van der Waals surface area contributed by atoms with Crippen molar-refractivity contribution < 1.29 is 4.79 Å². The maximum Gasteiger partial charge on any atom is 0.225 e. The van der Waals surface area contributed by atoms with E-state index < -0.39 is 0 Å². The zero-order valence-electron chi connectivity index (χ0n) is 14.9. The zero-order valence-corrected chi connectivity index (χ0v) is 14.9. The van der Waals surface area contributed by atoms with E-state index in [-0.39, 0.29) is 18.0 Å². The van der Waals surface area contributed by atoms with E-state index in [2.05, 4.69) is 28.1 Å². The number of nitrogens with zero attached hydrogens (tertiary/aromatic N) is 5. The van der Waals surface area contributed by atoms with E-state index in [1.165, 1.54) is 6.42 Å². The average Bonchev–Trinajstić information content (AvgIpc) is 3.17. The first-order valence-electron chi connectivity index (χ1n) is 8.84. The molecule has 0 aromatic carbocycles. The summed E-state index contributed by atoms with van der Waals surface area (Å²) in [5.41, 5.74) is 2.11. The fourth-order valence-corrected chi connectivity index (χ4v) is 3.69. The maximum atomic E-state index is 12.9. The zero-order chi connectivity index (χ0) is 17.1. The van der Waals surface area contributed by atoms with E-state index in [4.69, 9.17) is 0 Å². The van der Waals surface area contributed by atoms with Gasteiger partial charge in [-0.1, -0.05) is 0 Å². The van der Waals surface area contributed by atoms with Crippen molar-refractivity contribution in [3.05, 3.63) is 35.9 Å². The molecule has 0 bridgehead atoms. The maximum absolute atomic E-state index is 12.9. The lowest BCUT2D eigenvalue weighted by Gasteiger charge is -2.36. The van der Waals surface area contributed by atoms with Crippen LogP contribution in [0, 0.1) is 13.8 Å². The summed E-state index contributed by atoms with van der Waals surface area (Å²) in [6.45, 7) is 7.75. The van der Waals surface area contributed by atoms with Crippen LogP contribution >= 0.6 is 0 Å². The SMILES string of the molecule is Cc1cc(C)n([C@H](C)CC(=O)N2CCCC[C@@H]2Cn2cccn2)n1. The van der Waals surface area contributed by atoms with Crippen LogP contribution in [0.1, 0.15) is 50.0 Å². The van der Waals surface area contributed by atoms with E-state index in [0.717, 1.165) is 37.3 Å². The number of likely N-dealkylation sites (tertiary alicyclic amines) is 1. The van der Waals surface area contributed by atoms with Gasteiger partial charge in [0.25, 0.3) is 0 Å². The number of carbonyl (C=O) groups excluding carboxylic acids is 1. The monoisotopic (exact) mass is 329 g/mol. The largest absolute Gasteiger partial charge is 0.338 e. The number of hydrogen-bond acceptors (Lipinski definition) is 3. The summed E-state index contributed by atoms with van der Waals surface area (Å²) in [5, 5.41) is 8.81. The number of hydrogen-bond donors (Lipinski definition) is 0. The molecule has 2 aromatic heterocycles. The second-order valence-corrected chi connectivity index (χ2v) is 6.89. The molecule has 6 nitrogen and oxygen atoms in total. The first kappa shape index (κ1) is 16.7. The van der Waals surface area contributed by atoms with Gasteiger partial charge in [-0.25, -0.2) is 0 Å². The minimum atomic E-state index is 0.0819. The molecule has 1 aliphatic rings. The van der Waals surface area contributed by atoms with E-state index in [0.29, 0.717) is 6.42 Å². The van der Waals surface area contributed by atoms with Gasteiger partial charge in [0.2, 0.25) is 5.91 Å². The molecule has 0 saturated carbocycles. The van der Waals surface area contributed by atoms with E-state index in [9.17, 15) is 4.79 Å². The molecule has 2 atom stereocenters. The average molecular weight is 329 g/mol. The number of carbonyl (C=O) groups is 1. The Morgan fingerprint density at radius 3 is 2.88 bits per heavy atom. The van der Waals surface area contributed by atoms with Gasteiger partial charge in [-0.2, -0.15) is 10.2 Å². The molecule has 0 spiro atoms. The summed E-state index contributed by atoms with van der Waals surface area (Å²) in [4.78, 5) is 15.0. The molecule has 3 heterocycles. The predicted molar refractivity (Wildman–Crippen MR) is 92.6 cm³/mol. The summed E-state index contributed by atoms with van der Waals surface area (Å²) < 4.78 is 3.90. The van der Waals surface area contributed by atoms with Crippen molar-refractivity contribution in [2.24, 2.45) is 0 Å². The molecule has 1 amide bonds. The summed E-state index contributed by atoms with van der Waals surface area (Å²) in [6, 6.07) is 4.32. The number of amides is 1. The molecule has 1 fully saturated rings. The highest BCUT2D eigenvalue weighted by atomic mass is 16.2. The third-order valence-electron chi connectivity index (χ3n) is 4.84. The molecule has 0 unspecified atom stereocenters. The van der Waals surface area contributed by atoms with Gasteiger partial charge in [0.15, 0.2) is 0 Å². The normalized spacial score (nSPS) is 19.5. The molecule has 1 aliphatic heterocycles. The van der Waals surface area contributed by atoms with Crippen molar-refractivity contribution in [1.82, 2.24) is 24.5 Å². The molecule has 2 aromatic rings. The minimum absolute atomic E-state index is 0.0819. The molecule has 6 heteroatoms. The van der Waals surface area contributed by atoms with Gasteiger partial charge in [-0.15, -0.1) is 0 Å². The Labute approximate surface area is 143 Å². The quantitative estimate of drug-likeness (QED) is 0.847. The second-order valence-electron chi connectivity index (χ2n) is 6.89. The Morgan fingerprint density at radius 1 is 1.38 bits per heavy atom. The molecule has 24 heavy (non-hydrogen) atoms. The van der Waals surface area contributed by atoms with E-state index in [1.807, 2.05) is 35.5 Å². The molecule has 0 radical (unpaired) electrons. The van der Waals surface area contributed by atoms with Crippen molar-refractivity contribution in [1.29, 1.82) is 0 Å². The number of piperidine rings is 1. The highest BCUT2D eigenvalue weighted by Crippen LogP contribution is 2.22. The lowest BCUT2D eigenvalue weighted by Crippen LogP contribution is -2.46. The summed E-state index contributed by atoms with van der Waals surface area (Å²) in [7, 11) is 0. The number of rotatable bonds is 5. The Bertz CT molecular complexity index is 676. The van der Waals surface area contributed by atoms with Gasteiger partial charge in [0, 0.05) is 31.1 Å². The van der Waals surface area contributed by atoms with Crippen LogP contribution < -0.4 is 0 Å². The van der Waals surface area contributed by atoms with E-state index in [1.54, 1.807) is 6.20 Å². The van der Waals surface area contributed by atoms with Crippen molar-refractivity contribution in [3.8, 4) is 0 Å². The lowest BCUT2D eigenvalue weighted by atomic mass is 10.0. The van der Waals surface area contributed by atoms with Gasteiger partial charge in [0.1, 0.15) is 0 Å². The summed E-state index contributed by atoms with van der Waals surface area (Å²) in [5.74, 6) is 0.229. The molecule has 130 valence electrons. The fourth-order valence-electron chi connectivity index (χ4n) is 3.69. The molecular weight excluding hydrogens is 302 g/mol. The first-order valence-corrected chi connectivity index (χ1v) is 8.84. The van der Waals surface area contributed by atoms with Crippen LogP contribution in [0.3, 0.4) is 0 Å². The Hall–Kier alpha value is -2.11. The standard InChI is InChI=1S/C18H27N5O/c1-14-11-15(2)23(20-14)16(3)12-18(24)22-10-5-4-7-17(22)13-21-9-6-8-19-21/h6,8-9,11,16-17H,4-5,7,10,12-13H2,1-3H3/t16-,17-/m1/s1. The van der Waals surface area contributed by atoms with Gasteiger partial charge in [-0.05, 0) is 52.2 Å². The van der Waals surface area contributed by atoms with Crippen LogP contribution in [0.15, 0.2) is 24.5 Å². The highest BCUT2D eigenvalue weighted by molar-refractivity contribution is 5.77. The number of aryl methyl sites for hydroxylation is 2. The predicted octanol–water partition coefficient (Wildman–Crippen LogP) is 2.73. The Morgan fingerprint density at radius 2 is 2.21 bits per heavy atom. The van der Waals surface area contributed by atoms with Crippen LogP contribution in [0.4, 0.5) is 0 Å². The number of aromatic nitrogens is 4. The van der Waals surface area contributed by atoms with Crippen molar-refractivity contribution in [2.45, 2.75) is 65.1 Å². The second kappa shape index (κ2) is 7.20. The fraction of sp³-hybridized carbons (Fsp3) is 0.611. The topological polar surface area (TPSA) is 56.0 Å². The van der Waals surface area contributed by atoms with E-state index >= 15 is 0 Å². The molecule has 0 N–H and O–H groups in total.